The van der Waals surface area contributed by atoms with Crippen LogP contribution in [0.2, 0.25) is 0 Å². The van der Waals surface area contributed by atoms with Gasteiger partial charge in [-0.15, -0.1) is 0 Å². The van der Waals surface area contributed by atoms with Crippen molar-refractivity contribution in [3.63, 3.8) is 0 Å². The van der Waals surface area contributed by atoms with E-state index in [2.05, 4.69) is 0 Å². The quantitative estimate of drug-likeness (QED) is 0.780. The van der Waals surface area contributed by atoms with E-state index < -0.39 is 11.3 Å². The molecule has 0 radical (unpaired) electrons. The molecule has 0 saturated carbocycles. The smallest absolute Gasteiger partial charge is 0.334 e. The summed E-state index contributed by atoms with van der Waals surface area (Å²) in [5.74, 6) is -0.530. The normalized spacial score (nSPS) is 22.5. The predicted octanol–water partition coefficient (Wildman–Crippen LogP) is 4.38. The van der Waals surface area contributed by atoms with Gasteiger partial charge < -0.3 is 4.74 Å². The molecular weight excluding hydrogens is 314 g/mol. The largest absolute Gasteiger partial charge is 0.438 e. The number of amides is 1. The highest BCUT2D eigenvalue weighted by molar-refractivity contribution is 6.09. The molecule has 2 aromatic carbocycles. The lowest BCUT2D eigenvalue weighted by molar-refractivity contribution is -0.150. The Morgan fingerprint density at radius 1 is 1.12 bits per heavy atom. The van der Waals surface area contributed by atoms with Crippen LogP contribution in [-0.4, -0.2) is 28.0 Å². The van der Waals surface area contributed by atoms with Gasteiger partial charge in [0.1, 0.15) is 5.54 Å². The van der Waals surface area contributed by atoms with Crippen molar-refractivity contribution < 1.29 is 14.3 Å². The summed E-state index contributed by atoms with van der Waals surface area (Å²) in [6, 6.07) is 13.5. The van der Waals surface area contributed by atoms with E-state index >= 15 is 0 Å². The highest BCUT2D eigenvalue weighted by atomic mass is 16.6. The highest BCUT2D eigenvalue weighted by Crippen LogP contribution is 2.44. The first kappa shape index (κ1) is 17.5. The summed E-state index contributed by atoms with van der Waals surface area (Å²) >= 11 is 0. The fourth-order valence-electron chi connectivity index (χ4n) is 4.10. The fraction of sp³-hybridized carbons (Fsp3) is 0.429. The van der Waals surface area contributed by atoms with Crippen molar-refractivity contribution in [2.45, 2.75) is 52.3 Å². The number of hydrogen-bond acceptors (Lipinski definition) is 3. The van der Waals surface area contributed by atoms with Crippen LogP contribution in [0.5, 0.6) is 0 Å². The Kier molecular flexibility index (Phi) is 4.10. The number of hydrogen-bond donors (Lipinski definition) is 0. The van der Waals surface area contributed by atoms with Gasteiger partial charge in [0.25, 0.3) is 5.91 Å². The highest BCUT2D eigenvalue weighted by Gasteiger charge is 2.61. The average Bonchev–Trinajstić information content (AvgIpc) is 2.79. The van der Waals surface area contributed by atoms with E-state index in [1.807, 2.05) is 63.2 Å². The first-order valence-electron chi connectivity index (χ1n) is 8.81. The zero-order chi connectivity index (χ0) is 18.4. The van der Waals surface area contributed by atoms with Crippen LogP contribution in [0.15, 0.2) is 42.5 Å². The van der Waals surface area contributed by atoms with Crippen LogP contribution in [0.25, 0.3) is 10.8 Å². The maximum Gasteiger partial charge on any atom is 0.334 e. The summed E-state index contributed by atoms with van der Waals surface area (Å²) in [6.07, 6.45) is 0.517. The van der Waals surface area contributed by atoms with Gasteiger partial charge in [-0.25, -0.2) is 4.79 Å². The molecule has 4 heteroatoms. The fourth-order valence-corrected chi connectivity index (χ4v) is 4.10. The molecule has 1 aliphatic heterocycles. The number of rotatable bonds is 3. The summed E-state index contributed by atoms with van der Waals surface area (Å²) in [6.45, 7) is 9.44. The zero-order valence-electron chi connectivity index (χ0n) is 15.5. The molecule has 4 nitrogen and oxygen atoms in total. The number of carbonyl (C=O) groups excluding carboxylic acids is 2. The van der Waals surface area contributed by atoms with E-state index in [0.29, 0.717) is 12.0 Å². The average molecular weight is 339 g/mol. The minimum atomic E-state index is -0.981. The van der Waals surface area contributed by atoms with Crippen LogP contribution < -0.4 is 0 Å². The molecule has 1 amide bonds. The minimum absolute atomic E-state index is 0.0503. The summed E-state index contributed by atoms with van der Waals surface area (Å²) in [5.41, 5.74) is -1.33. The van der Waals surface area contributed by atoms with Crippen LogP contribution in [0.4, 0.5) is 0 Å². The number of fused-ring (bicyclic) bond motifs is 1. The molecule has 1 heterocycles. The Labute approximate surface area is 148 Å². The summed E-state index contributed by atoms with van der Waals surface area (Å²) in [7, 11) is 0. The number of cyclic esters (lactones) is 1. The molecule has 0 spiro atoms. The Bertz CT molecular complexity index is 835. The molecule has 3 rings (SSSR count). The number of nitrogens with zero attached hydrogens (tertiary/aromatic N) is 1. The van der Waals surface area contributed by atoms with Gasteiger partial charge in [0.05, 0.1) is 0 Å². The van der Waals surface area contributed by atoms with Gasteiger partial charge >= 0.3 is 5.97 Å². The number of benzene rings is 2. The van der Waals surface area contributed by atoms with Gasteiger partial charge in [-0.2, -0.15) is 0 Å². The lowest BCUT2D eigenvalue weighted by Gasteiger charge is -2.41. The van der Waals surface area contributed by atoms with Gasteiger partial charge in [0.2, 0.25) is 0 Å². The first-order valence-corrected chi connectivity index (χ1v) is 8.81. The molecule has 0 aliphatic carbocycles. The third-order valence-electron chi connectivity index (χ3n) is 5.35. The van der Waals surface area contributed by atoms with Crippen LogP contribution in [0.3, 0.4) is 0 Å². The van der Waals surface area contributed by atoms with Crippen LogP contribution in [-0.2, 0) is 9.53 Å². The minimum Gasteiger partial charge on any atom is -0.438 e. The third kappa shape index (κ3) is 2.43. The molecule has 1 fully saturated rings. The molecule has 0 unspecified atom stereocenters. The zero-order valence-corrected chi connectivity index (χ0v) is 15.5. The molecule has 1 atom stereocenters. The van der Waals surface area contributed by atoms with E-state index in [-0.39, 0.29) is 17.8 Å². The molecule has 2 aromatic rings. The van der Waals surface area contributed by atoms with Gasteiger partial charge in [-0.3, -0.25) is 9.69 Å². The Hall–Kier alpha value is -2.36. The number of ether oxygens (including phenoxy) is 1. The molecule has 25 heavy (non-hydrogen) atoms. The first-order chi connectivity index (χ1) is 11.8. The van der Waals surface area contributed by atoms with Crippen molar-refractivity contribution in [2.24, 2.45) is 5.92 Å². The topological polar surface area (TPSA) is 46.6 Å². The molecule has 0 aromatic heterocycles. The molecule has 0 bridgehead atoms. The predicted molar refractivity (Wildman–Crippen MR) is 98.1 cm³/mol. The second-order valence-corrected chi connectivity index (χ2v) is 7.44. The van der Waals surface area contributed by atoms with Gasteiger partial charge in [0.15, 0.2) is 5.72 Å². The van der Waals surface area contributed by atoms with Gasteiger partial charge in [-0.05, 0) is 43.0 Å². The van der Waals surface area contributed by atoms with E-state index in [1.54, 1.807) is 18.7 Å². The number of esters is 1. The summed E-state index contributed by atoms with van der Waals surface area (Å²) in [5, 5.41) is 1.89. The monoisotopic (exact) mass is 339 g/mol. The molecule has 132 valence electrons. The van der Waals surface area contributed by atoms with E-state index in [4.69, 9.17) is 4.74 Å². The van der Waals surface area contributed by atoms with Crippen LogP contribution >= 0.6 is 0 Å². The van der Waals surface area contributed by atoms with Crippen molar-refractivity contribution in [2.75, 3.05) is 0 Å². The van der Waals surface area contributed by atoms with Crippen LogP contribution in [0, 0.1) is 5.92 Å². The second-order valence-electron chi connectivity index (χ2n) is 7.44. The maximum atomic E-state index is 13.6. The molecular formula is C21H25NO3. The Balaban J connectivity index is 2.20. The lowest BCUT2D eigenvalue weighted by atomic mass is 9.81. The third-order valence-corrected chi connectivity index (χ3v) is 5.35. The molecule has 0 N–H and O–H groups in total. The summed E-state index contributed by atoms with van der Waals surface area (Å²) < 4.78 is 5.65. The van der Waals surface area contributed by atoms with Gasteiger partial charge in [-0.1, -0.05) is 57.2 Å². The Morgan fingerprint density at radius 3 is 2.40 bits per heavy atom. The standard InChI is InChI=1S/C21H25NO3/c1-6-21(14(2)3)19(24)25-20(4,5)22(21)18(23)17-13-9-11-15-10-7-8-12-16(15)17/h7-14H,6H2,1-5H3/t21-/m0/s1. The van der Waals surface area contributed by atoms with Crippen molar-refractivity contribution in [1.82, 2.24) is 4.90 Å². The second kappa shape index (κ2) is 5.87. The maximum absolute atomic E-state index is 13.6. The van der Waals surface area contributed by atoms with Crippen molar-refractivity contribution in [3.8, 4) is 0 Å². The van der Waals surface area contributed by atoms with E-state index in [0.717, 1.165) is 10.8 Å². The SMILES string of the molecule is CC[C@]1(C(C)C)C(=O)OC(C)(C)N1C(=O)c1cccc2ccccc12. The Morgan fingerprint density at radius 2 is 1.76 bits per heavy atom. The van der Waals surface area contributed by atoms with E-state index in [1.165, 1.54) is 0 Å². The van der Waals surface area contributed by atoms with Crippen molar-refractivity contribution >= 4 is 22.6 Å². The van der Waals surface area contributed by atoms with Crippen molar-refractivity contribution in [1.29, 1.82) is 0 Å². The van der Waals surface area contributed by atoms with Crippen molar-refractivity contribution in [3.05, 3.63) is 48.0 Å². The summed E-state index contributed by atoms with van der Waals surface area (Å²) in [4.78, 5) is 28.0. The van der Waals surface area contributed by atoms with Crippen LogP contribution in [0.1, 0.15) is 51.4 Å². The van der Waals surface area contributed by atoms with Gasteiger partial charge in [0, 0.05) is 5.56 Å². The lowest BCUT2D eigenvalue weighted by Crippen LogP contribution is -2.59. The molecule has 1 saturated heterocycles. The molecule has 1 aliphatic rings. The number of carbonyl (C=O) groups is 2. The van der Waals surface area contributed by atoms with E-state index in [9.17, 15) is 9.59 Å².